The number of nitrogens with zero attached hydrogens (tertiary/aromatic N) is 3. The molecule has 9 heteroatoms. The van der Waals surface area contributed by atoms with Crippen molar-refractivity contribution in [1.29, 1.82) is 0 Å². The molecule has 0 N–H and O–H groups in total. The largest absolute Gasteiger partial charge is 0.370 e. The predicted octanol–water partition coefficient (Wildman–Crippen LogP) is -1.19. The van der Waals surface area contributed by atoms with Crippen molar-refractivity contribution in [3.8, 4) is 0 Å². The third-order valence-corrected chi connectivity index (χ3v) is 6.27. The molecule has 0 saturated carbocycles. The molecule has 3 aliphatic heterocycles. The summed E-state index contributed by atoms with van der Waals surface area (Å²) in [5, 5.41) is 0. The van der Waals surface area contributed by atoms with E-state index in [4.69, 9.17) is 4.74 Å². The third kappa shape index (κ3) is 4.51. The first kappa shape index (κ1) is 18.6. The highest BCUT2D eigenvalue weighted by Crippen LogP contribution is 2.33. The third-order valence-electron chi connectivity index (χ3n) is 5.33. The van der Waals surface area contributed by atoms with Crippen LogP contribution in [0.3, 0.4) is 0 Å². The van der Waals surface area contributed by atoms with Gasteiger partial charge in [-0.1, -0.05) is 0 Å². The summed E-state index contributed by atoms with van der Waals surface area (Å²) in [6.07, 6.45) is 1.38. The Bertz CT molecular complexity index is 630. The average molecular weight is 373 g/mol. The lowest BCUT2D eigenvalue weighted by molar-refractivity contribution is -0.145. The van der Waals surface area contributed by atoms with Crippen LogP contribution in [0.25, 0.3) is 0 Å². The van der Waals surface area contributed by atoms with Crippen molar-refractivity contribution in [3.63, 3.8) is 0 Å². The Hall–Kier alpha value is -1.19. The molecule has 0 aromatic rings. The Morgan fingerprint density at radius 1 is 1.08 bits per heavy atom. The standard InChI is InChI=1S/C16H27N3O5S/c1-17-4-6-18(7-5-17)16(21)13-9-12-10-19(11-14(13)24-12)15(20)3-8-25(2,22)23/h12-14H,3-11H2,1-2H3. The summed E-state index contributed by atoms with van der Waals surface area (Å²) < 4.78 is 28.4. The van der Waals surface area contributed by atoms with E-state index in [1.807, 2.05) is 11.9 Å². The highest BCUT2D eigenvalue weighted by atomic mass is 32.2. The van der Waals surface area contributed by atoms with Crippen molar-refractivity contribution in [3.05, 3.63) is 0 Å². The van der Waals surface area contributed by atoms with E-state index in [0.717, 1.165) is 32.4 Å². The van der Waals surface area contributed by atoms with Crippen LogP contribution in [0.15, 0.2) is 0 Å². The average Bonchev–Trinajstić information content (AvgIpc) is 2.86. The van der Waals surface area contributed by atoms with Gasteiger partial charge in [0.15, 0.2) is 0 Å². The lowest BCUT2D eigenvalue weighted by Crippen LogP contribution is -2.51. The summed E-state index contributed by atoms with van der Waals surface area (Å²) >= 11 is 0. The number of carbonyl (C=O) groups excluding carboxylic acids is 2. The first-order valence-electron chi connectivity index (χ1n) is 8.81. The number of likely N-dealkylation sites (N-methyl/N-ethyl adjacent to an activating group) is 1. The van der Waals surface area contributed by atoms with Gasteiger partial charge in [0.25, 0.3) is 0 Å². The van der Waals surface area contributed by atoms with Gasteiger partial charge in [-0.05, 0) is 13.5 Å². The lowest BCUT2D eigenvalue weighted by atomic mass is 9.98. The van der Waals surface area contributed by atoms with Gasteiger partial charge < -0.3 is 19.4 Å². The monoisotopic (exact) mass is 373 g/mol. The van der Waals surface area contributed by atoms with Gasteiger partial charge in [0.05, 0.1) is 23.9 Å². The normalized spacial score (nSPS) is 30.6. The van der Waals surface area contributed by atoms with Crippen LogP contribution in [0, 0.1) is 5.92 Å². The van der Waals surface area contributed by atoms with Crippen molar-refractivity contribution in [1.82, 2.24) is 14.7 Å². The number of likely N-dealkylation sites (tertiary alicyclic amines) is 1. The molecule has 8 nitrogen and oxygen atoms in total. The molecule has 3 heterocycles. The summed E-state index contributed by atoms with van der Waals surface area (Å²) in [6.45, 7) is 4.06. The highest BCUT2D eigenvalue weighted by molar-refractivity contribution is 7.90. The minimum atomic E-state index is -3.16. The van der Waals surface area contributed by atoms with Crippen molar-refractivity contribution in [2.24, 2.45) is 5.92 Å². The molecular formula is C16H27N3O5S. The number of carbonyl (C=O) groups is 2. The number of hydrogen-bond acceptors (Lipinski definition) is 6. The number of rotatable bonds is 4. The maximum atomic E-state index is 12.8. The molecule has 3 unspecified atom stereocenters. The Morgan fingerprint density at radius 2 is 1.76 bits per heavy atom. The fraction of sp³-hybridized carbons (Fsp3) is 0.875. The summed E-state index contributed by atoms with van der Waals surface area (Å²) in [6, 6.07) is 0. The molecule has 3 saturated heterocycles. The fourth-order valence-electron chi connectivity index (χ4n) is 3.81. The zero-order valence-corrected chi connectivity index (χ0v) is 15.7. The van der Waals surface area contributed by atoms with E-state index < -0.39 is 9.84 Å². The van der Waals surface area contributed by atoms with Gasteiger partial charge in [-0.25, -0.2) is 8.42 Å². The van der Waals surface area contributed by atoms with Gasteiger partial charge >= 0.3 is 0 Å². The zero-order valence-electron chi connectivity index (χ0n) is 14.9. The molecule has 0 radical (unpaired) electrons. The Labute approximate surface area is 149 Å². The minimum Gasteiger partial charge on any atom is -0.370 e. The Morgan fingerprint density at radius 3 is 2.40 bits per heavy atom. The first-order valence-corrected chi connectivity index (χ1v) is 10.9. The van der Waals surface area contributed by atoms with Gasteiger partial charge in [-0.2, -0.15) is 0 Å². The molecule has 142 valence electrons. The molecule has 2 amide bonds. The van der Waals surface area contributed by atoms with Crippen LogP contribution < -0.4 is 0 Å². The van der Waals surface area contributed by atoms with E-state index in [1.54, 1.807) is 4.90 Å². The van der Waals surface area contributed by atoms with Crippen LogP contribution in [0.5, 0.6) is 0 Å². The van der Waals surface area contributed by atoms with Crippen LogP contribution in [-0.2, 0) is 24.2 Å². The van der Waals surface area contributed by atoms with E-state index in [1.165, 1.54) is 0 Å². The Kier molecular flexibility index (Phi) is 5.36. The number of hydrogen-bond donors (Lipinski definition) is 0. The van der Waals surface area contributed by atoms with E-state index >= 15 is 0 Å². The number of ether oxygens (including phenoxy) is 1. The molecule has 3 fully saturated rings. The topological polar surface area (TPSA) is 87.2 Å². The minimum absolute atomic E-state index is 0.00462. The van der Waals surface area contributed by atoms with Crippen molar-refractivity contribution in [2.45, 2.75) is 25.0 Å². The maximum Gasteiger partial charge on any atom is 0.228 e. The molecule has 0 aromatic heterocycles. The molecular weight excluding hydrogens is 346 g/mol. The first-order chi connectivity index (χ1) is 11.7. The van der Waals surface area contributed by atoms with Crippen molar-refractivity contribution in [2.75, 3.05) is 58.3 Å². The van der Waals surface area contributed by atoms with E-state index in [2.05, 4.69) is 4.90 Å². The number of piperazine rings is 1. The number of morpholine rings is 1. The van der Waals surface area contributed by atoms with Crippen molar-refractivity contribution < 1.29 is 22.7 Å². The van der Waals surface area contributed by atoms with Crippen LogP contribution in [0.1, 0.15) is 12.8 Å². The van der Waals surface area contributed by atoms with Gasteiger partial charge in [0, 0.05) is 51.9 Å². The molecule has 3 atom stereocenters. The smallest absolute Gasteiger partial charge is 0.228 e. The van der Waals surface area contributed by atoms with Gasteiger partial charge in [0.2, 0.25) is 11.8 Å². The number of amides is 2. The van der Waals surface area contributed by atoms with Crippen LogP contribution in [0.2, 0.25) is 0 Å². The van der Waals surface area contributed by atoms with Crippen LogP contribution in [-0.4, -0.2) is 105 Å². The summed E-state index contributed by atoms with van der Waals surface area (Å²) in [4.78, 5) is 30.9. The fourth-order valence-corrected chi connectivity index (χ4v) is 4.36. The number of sulfone groups is 1. The second-order valence-corrected chi connectivity index (χ2v) is 9.71. The Balaban J connectivity index is 1.57. The lowest BCUT2D eigenvalue weighted by Gasteiger charge is -2.36. The van der Waals surface area contributed by atoms with Gasteiger partial charge in [-0.3, -0.25) is 9.59 Å². The second kappa shape index (κ2) is 7.20. The zero-order chi connectivity index (χ0) is 18.2. The van der Waals surface area contributed by atoms with Crippen LogP contribution >= 0.6 is 0 Å². The van der Waals surface area contributed by atoms with Gasteiger partial charge in [0.1, 0.15) is 9.84 Å². The molecule has 25 heavy (non-hydrogen) atoms. The predicted molar refractivity (Wildman–Crippen MR) is 91.8 cm³/mol. The summed E-state index contributed by atoms with van der Waals surface area (Å²) in [5.74, 6) is -0.370. The molecule has 0 spiro atoms. The maximum absolute atomic E-state index is 12.8. The van der Waals surface area contributed by atoms with E-state index in [0.29, 0.717) is 19.5 Å². The summed E-state index contributed by atoms with van der Waals surface area (Å²) in [7, 11) is -1.11. The summed E-state index contributed by atoms with van der Waals surface area (Å²) in [5.41, 5.74) is 0. The highest BCUT2D eigenvalue weighted by Gasteiger charge is 2.46. The molecule has 0 aromatic carbocycles. The van der Waals surface area contributed by atoms with Crippen molar-refractivity contribution >= 4 is 21.7 Å². The molecule has 0 aliphatic carbocycles. The molecule has 3 rings (SSSR count). The molecule has 3 aliphatic rings. The van der Waals surface area contributed by atoms with E-state index in [-0.39, 0.29) is 42.1 Å². The number of fused-ring (bicyclic) bond motifs is 2. The SMILES string of the molecule is CN1CCN(C(=O)C2CC3CN(C(=O)CCS(C)(=O)=O)CC2O3)CC1. The van der Waals surface area contributed by atoms with Crippen LogP contribution in [0.4, 0.5) is 0 Å². The van der Waals surface area contributed by atoms with Gasteiger partial charge in [-0.15, -0.1) is 0 Å². The van der Waals surface area contributed by atoms with E-state index in [9.17, 15) is 18.0 Å². The molecule has 2 bridgehead atoms. The second-order valence-electron chi connectivity index (χ2n) is 7.45. The quantitative estimate of drug-likeness (QED) is 0.616.